The van der Waals surface area contributed by atoms with Crippen LogP contribution in [0.2, 0.25) is 0 Å². The number of hydrogen-bond acceptors (Lipinski definition) is 4. The van der Waals surface area contributed by atoms with Crippen molar-refractivity contribution in [1.82, 2.24) is 19.6 Å². The standard InChI is InChI=1S/C10H12N4O2S/c1-6-8(10(15)16)9(14(3)12-6)17-7-4-11-13(2)5-7/h4-5H,1-3H3,(H,15,16). The smallest absolute Gasteiger partial charge is 0.340 e. The van der Waals surface area contributed by atoms with Crippen LogP contribution in [0.3, 0.4) is 0 Å². The van der Waals surface area contributed by atoms with Crippen LogP contribution in [-0.4, -0.2) is 30.6 Å². The van der Waals surface area contributed by atoms with Crippen LogP contribution in [0.15, 0.2) is 22.3 Å². The van der Waals surface area contributed by atoms with E-state index >= 15 is 0 Å². The Morgan fingerprint density at radius 2 is 2.18 bits per heavy atom. The van der Waals surface area contributed by atoms with E-state index in [9.17, 15) is 4.79 Å². The first-order valence-electron chi connectivity index (χ1n) is 4.92. The van der Waals surface area contributed by atoms with Crippen LogP contribution in [0.4, 0.5) is 0 Å². The zero-order valence-electron chi connectivity index (χ0n) is 9.71. The van der Waals surface area contributed by atoms with Gasteiger partial charge >= 0.3 is 5.97 Å². The SMILES string of the molecule is Cc1nn(C)c(Sc2cnn(C)c2)c1C(=O)O. The third-order valence-corrected chi connectivity index (χ3v) is 3.39. The molecule has 17 heavy (non-hydrogen) atoms. The molecule has 2 aromatic rings. The lowest BCUT2D eigenvalue weighted by atomic mass is 10.3. The Morgan fingerprint density at radius 1 is 1.47 bits per heavy atom. The van der Waals surface area contributed by atoms with Gasteiger partial charge in [0.25, 0.3) is 0 Å². The second kappa shape index (κ2) is 4.25. The fourth-order valence-corrected chi connectivity index (χ4v) is 2.60. The molecule has 1 N–H and O–H groups in total. The Hall–Kier alpha value is -1.76. The molecule has 2 rings (SSSR count). The molecule has 0 fully saturated rings. The van der Waals surface area contributed by atoms with Gasteiger partial charge in [0.2, 0.25) is 0 Å². The van der Waals surface area contributed by atoms with Crippen LogP contribution in [-0.2, 0) is 14.1 Å². The molecule has 2 aromatic heterocycles. The van der Waals surface area contributed by atoms with Crippen molar-refractivity contribution >= 4 is 17.7 Å². The molecule has 0 aliphatic carbocycles. The number of hydrogen-bond donors (Lipinski definition) is 1. The van der Waals surface area contributed by atoms with Gasteiger partial charge in [-0.15, -0.1) is 0 Å². The minimum absolute atomic E-state index is 0.251. The van der Waals surface area contributed by atoms with Crippen molar-refractivity contribution < 1.29 is 9.90 Å². The first-order chi connectivity index (χ1) is 7.99. The van der Waals surface area contributed by atoms with Crippen molar-refractivity contribution in [2.75, 3.05) is 0 Å². The highest BCUT2D eigenvalue weighted by atomic mass is 32.2. The van der Waals surface area contributed by atoms with Crippen LogP contribution >= 0.6 is 11.8 Å². The lowest BCUT2D eigenvalue weighted by molar-refractivity contribution is 0.0692. The Morgan fingerprint density at radius 3 is 2.71 bits per heavy atom. The molecular formula is C10H12N4O2S. The van der Waals surface area contributed by atoms with E-state index in [-0.39, 0.29) is 5.56 Å². The van der Waals surface area contributed by atoms with Crippen molar-refractivity contribution in [2.45, 2.75) is 16.8 Å². The van der Waals surface area contributed by atoms with Crippen LogP contribution in [0.1, 0.15) is 16.1 Å². The number of aromatic carboxylic acids is 1. The molecule has 0 radical (unpaired) electrons. The number of carboxylic acid groups (broad SMARTS) is 1. The quantitative estimate of drug-likeness (QED) is 0.891. The largest absolute Gasteiger partial charge is 0.478 e. The molecule has 0 aromatic carbocycles. The predicted octanol–water partition coefficient (Wildman–Crippen LogP) is 1.31. The minimum atomic E-state index is -0.956. The molecule has 0 amide bonds. The van der Waals surface area contributed by atoms with Crippen molar-refractivity contribution in [3.63, 3.8) is 0 Å². The van der Waals surface area contributed by atoms with Gasteiger partial charge in [0.05, 0.1) is 16.8 Å². The van der Waals surface area contributed by atoms with E-state index in [4.69, 9.17) is 5.11 Å². The van der Waals surface area contributed by atoms with Gasteiger partial charge < -0.3 is 5.11 Å². The zero-order valence-corrected chi connectivity index (χ0v) is 10.5. The average Bonchev–Trinajstić information content (AvgIpc) is 2.72. The molecule has 0 atom stereocenters. The van der Waals surface area contributed by atoms with Gasteiger partial charge in [0.1, 0.15) is 10.6 Å². The maximum Gasteiger partial charge on any atom is 0.340 e. The summed E-state index contributed by atoms with van der Waals surface area (Å²) in [5.41, 5.74) is 0.771. The summed E-state index contributed by atoms with van der Waals surface area (Å²) in [6.07, 6.45) is 3.53. The molecule has 0 aliphatic heterocycles. The molecule has 6 nitrogen and oxygen atoms in total. The van der Waals surface area contributed by atoms with Crippen LogP contribution in [0.5, 0.6) is 0 Å². The third kappa shape index (κ3) is 2.19. The summed E-state index contributed by atoms with van der Waals surface area (Å²) in [5.74, 6) is -0.956. The molecule has 0 unspecified atom stereocenters. The summed E-state index contributed by atoms with van der Waals surface area (Å²) in [7, 11) is 3.55. The highest BCUT2D eigenvalue weighted by Crippen LogP contribution is 2.31. The van der Waals surface area contributed by atoms with E-state index in [2.05, 4.69) is 10.2 Å². The lowest BCUT2D eigenvalue weighted by Gasteiger charge is -2.00. The van der Waals surface area contributed by atoms with Gasteiger partial charge in [-0.2, -0.15) is 10.2 Å². The lowest BCUT2D eigenvalue weighted by Crippen LogP contribution is -2.00. The van der Waals surface area contributed by atoms with Gasteiger partial charge in [-0.05, 0) is 6.92 Å². The summed E-state index contributed by atoms with van der Waals surface area (Å²) < 4.78 is 3.25. The van der Waals surface area contributed by atoms with Gasteiger partial charge in [-0.3, -0.25) is 9.36 Å². The predicted molar refractivity (Wildman–Crippen MR) is 62.2 cm³/mol. The first-order valence-corrected chi connectivity index (χ1v) is 5.74. The molecule has 7 heteroatoms. The maximum atomic E-state index is 11.2. The van der Waals surface area contributed by atoms with E-state index in [1.807, 2.05) is 13.2 Å². The molecule has 2 heterocycles. The van der Waals surface area contributed by atoms with Gasteiger partial charge in [-0.1, -0.05) is 11.8 Å². The van der Waals surface area contributed by atoms with E-state index in [0.29, 0.717) is 10.7 Å². The second-order valence-electron chi connectivity index (χ2n) is 3.65. The molecule has 0 saturated carbocycles. The van der Waals surface area contributed by atoms with E-state index in [1.165, 1.54) is 11.8 Å². The van der Waals surface area contributed by atoms with Crippen molar-refractivity contribution in [3.8, 4) is 0 Å². The van der Waals surface area contributed by atoms with Crippen molar-refractivity contribution in [2.24, 2.45) is 14.1 Å². The van der Waals surface area contributed by atoms with Crippen molar-refractivity contribution in [3.05, 3.63) is 23.7 Å². The van der Waals surface area contributed by atoms with Gasteiger partial charge in [-0.25, -0.2) is 4.79 Å². The molecule has 90 valence electrons. The Kier molecular flexibility index (Phi) is 2.93. The highest BCUT2D eigenvalue weighted by Gasteiger charge is 2.20. The zero-order chi connectivity index (χ0) is 12.6. The number of aromatic nitrogens is 4. The maximum absolute atomic E-state index is 11.2. The van der Waals surface area contributed by atoms with Crippen molar-refractivity contribution in [1.29, 1.82) is 0 Å². The molecule has 0 bridgehead atoms. The van der Waals surface area contributed by atoms with Gasteiger partial charge in [0, 0.05) is 20.3 Å². The number of carbonyl (C=O) groups is 1. The van der Waals surface area contributed by atoms with E-state index < -0.39 is 5.97 Å². The minimum Gasteiger partial charge on any atom is -0.478 e. The number of rotatable bonds is 3. The van der Waals surface area contributed by atoms with Crippen LogP contribution in [0.25, 0.3) is 0 Å². The van der Waals surface area contributed by atoms with Gasteiger partial charge in [0.15, 0.2) is 0 Å². The first kappa shape index (κ1) is 11.7. The monoisotopic (exact) mass is 252 g/mol. The molecular weight excluding hydrogens is 240 g/mol. The van der Waals surface area contributed by atoms with Crippen LogP contribution < -0.4 is 0 Å². The van der Waals surface area contributed by atoms with E-state index in [0.717, 1.165) is 4.90 Å². The Balaban J connectivity index is 2.41. The molecule has 0 spiro atoms. The highest BCUT2D eigenvalue weighted by molar-refractivity contribution is 7.99. The Labute approximate surface area is 102 Å². The normalized spacial score (nSPS) is 10.8. The average molecular weight is 252 g/mol. The summed E-state index contributed by atoms with van der Waals surface area (Å²) in [6.45, 7) is 1.69. The third-order valence-electron chi connectivity index (χ3n) is 2.28. The number of nitrogens with zero attached hydrogens (tertiary/aromatic N) is 4. The Bertz CT molecular complexity index is 573. The summed E-state index contributed by atoms with van der Waals surface area (Å²) >= 11 is 1.35. The molecule has 0 saturated heterocycles. The summed E-state index contributed by atoms with van der Waals surface area (Å²) in [6, 6.07) is 0. The summed E-state index contributed by atoms with van der Waals surface area (Å²) in [5, 5.41) is 17.9. The van der Waals surface area contributed by atoms with E-state index in [1.54, 1.807) is 29.5 Å². The molecule has 0 aliphatic rings. The second-order valence-corrected chi connectivity index (χ2v) is 4.71. The summed E-state index contributed by atoms with van der Waals surface area (Å²) in [4.78, 5) is 12.1. The fourth-order valence-electron chi connectivity index (χ4n) is 1.56. The number of carboxylic acids is 1. The number of aryl methyl sites for hydroxylation is 3. The fraction of sp³-hybridized carbons (Fsp3) is 0.300. The topological polar surface area (TPSA) is 72.9 Å². The van der Waals surface area contributed by atoms with Crippen LogP contribution in [0, 0.1) is 6.92 Å².